The molecule has 4 aromatic rings. The molecule has 0 bridgehead atoms. The van der Waals surface area contributed by atoms with E-state index in [2.05, 4.69) is 31.1 Å². The minimum absolute atomic E-state index is 0.179. The van der Waals surface area contributed by atoms with E-state index in [9.17, 15) is 4.79 Å². The normalized spacial score (nSPS) is 15.5. The quantitative estimate of drug-likeness (QED) is 0.524. The molecule has 1 unspecified atom stereocenters. The van der Waals surface area contributed by atoms with Crippen molar-refractivity contribution in [2.75, 3.05) is 0 Å². The zero-order chi connectivity index (χ0) is 20.5. The van der Waals surface area contributed by atoms with Gasteiger partial charge in [0.1, 0.15) is 6.04 Å². The number of carbonyl (C=O) groups is 1. The summed E-state index contributed by atoms with van der Waals surface area (Å²) in [5.41, 5.74) is 3.50. The molecule has 2 heterocycles. The van der Waals surface area contributed by atoms with Crippen LogP contribution in [0.2, 0.25) is 0 Å². The maximum Gasteiger partial charge on any atom is 0.251 e. The summed E-state index contributed by atoms with van der Waals surface area (Å²) in [6, 6.07) is 15.3. The fourth-order valence-electron chi connectivity index (χ4n) is 4.10. The van der Waals surface area contributed by atoms with E-state index >= 15 is 0 Å². The number of hydrogen-bond donors (Lipinski definition) is 1. The van der Waals surface area contributed by atoms with E-state index in [4.69, 9.17) is 4.52 Å². The number of nitrogens with one attached hydrogen (secondary N) is 1. The lowest BCUT2D eigenvalue weighted by Crippen LogP contribution is -2.26. The number of hydrogen-bond acceptors (Lipinski definition) is 5. The molecule has 1 N–H and O–H groups in total. The second-order valence-corrected chi connectivity index (χ2v) is 7.81. The summed E-state index contributed by atoms with van der Waals surface area (Å²) in [5, 5.41) is 7.00. The highest BCUT2D eigenvalue weighted by atomic mass is 16.5. The molecular weight excluding hydrogens is 378 g/mol. The molecule has 1 saturated carbocycles. The largest absolute Gasteiger partial charge is 0.341 e. The number of nitrogens with zero attached hydrogens (tertiary/aromatic N) is 4. The van der Waals surface area contributed by atoms with Gasteiger partial charge >= 0.3 is 0 Å². The van der Waals surface area contributed by atoms with Crippen LogP contribution in [0.4, 0.5) is 0 Å². The third kappa shape index (κ3) is 3.47. The van der Waals surface area contributed by atoms with Crippen molar-refractivity contribution in [2.24, 2.45) is 0 Å². The lowest BCUT2D eigenvalue weighted by atomic mass is 10.1. The minimum Gasteiger partial charge on any atom is -0.341 e. The molecule has 1 aliphatic carbocycles. The fraction of sp³-hybridized carbons (Fsp3) is 0.304. The predicted molar refractivity (Wildman–Crippen MR) is 113 cm³/mol. The van der Waals surface area contributed by atoms with E-state index in [1.807, 2.05) is 43.6 Å². The van der Waals surface area contributed by atoms with Crippen LogP contribution in [0.3, 0.4) is 0 Å². The highest BCUT2D eigenvalue weighted by molar-refractivity contribution is 5.94. The Bertz CT molecular complexity index is 1170. The van der Waals surface area contributed by atoms with E-state index in [1.165, 1.54) is 25.7 Å². The summed E-state index contributed by atoms with van der Waals surface area (Å²) in [6.45, 7) is 1.82. The average molecular weight is 401 g/mol. The van der Waals surface area contributed by atoms with Gasteiger partial charge < -0.3 is 14.4 Å². The zero-order valence-corrected chi connectivity index (χ0v) is 16.8. The van der Waals surface area contributed by atoms with E-state index < -0.39 is 6.04 Å². The smallest absolute Gasteiger partial charge is 0.251 e. The summed E-state index contributed by atoms with van der Waals surface area (Å²) in [6.07, 6.45) is 6.94. The Hall–Kier alpha value is -3.48. The number of benzene rings is 2. The number of fused-ring (bicyclic) bond motifs is 1. The first-order valence-corrected chi connectivity index (χ1v) is 10.4. The molecule has 30 heavy (non-hydrogen) atoms. The van der Waals surface area contributed by atoms with Gasteiger partial charge in [-0.05, 0) is 50.1 Å². The van der Waals surface area contributed by atoms with Gasteiger partial charge in [0.25, 0.3) is 5.91 Å². The Balaban J connectivity index is 1.34. The van der Waals surface area contributed by atoms with Crippen LogP contribution in [0, 0.1) is 0 Å². The van der Waals surface area contributed by atoms with Crippen molar-refractivity contribution >= 4 is 16.9 Å². The van der Waals surface area contributed by atoms with Crippen LogP contribution in [0.15, 0.2) is 59.4 Å². The summed E-state index contributed by atoms with van der Waals surface area (Å²) < 4.78 is 7.70. The second kappa shape index (κ2) is 7.74. The van der Waals surface area contributed by atoms with Gasteiger partial charge in [0.2, 0.25) is 11.7 Å². The van der Waals surface area contributed by atoms with Gasteiger partial charge in [-0.15, -0.1) is 0 Å². The standard InChI is InChI=1S/C23H23N5O2/c1-15(25-22(29)16-7-3-2-4-8-16)23-26-21(27-30-23)17-11-12-20-19(13-17)24-14-28(20)18-9-5-6-10-18/h2-4,7-8,11-15,18H,5-6,9-10H2,1H3,(H,25,29). The molecule has 1 amide bonds. The summed E-state index contributed by atoms with van der Waals surface area (Å²) >= 11 is 0. The number of carbonyl (C=O) groups excluding carboxylic acids is 1. The number of rotatable bonds is 5. The third-order valence-electron chi connectivity index (χ3n) is 5.75. The molecule has 5 rings (SSSR count). The molecular formula is C23H23N5O2. The van der Waals surface area contributed by atoms with Gasteiger partial charge in [0, 0.05) is 17.2 Å². The molecule has 7 heteroatoms. The first kappa shape index (κ1) is 18.5. The van der Waals surface area contributed by atoms with Gasteiger partial charge in [-0.2, -0.15) is 4.98 Å². The number of aromatic nitrogens is 4. The summed E-state index contributed by atoms with van der Waals surface area (Å²) in [4.78, 5) is 21.4. The lowest BCUT2D eigenvalue weighted by Gasteiger charge is -2.12. The van der Waals surface area contributed by atoms with Crippen molar-refractivity contribution in [3.05, 3.63) is 66.3 Å². The van der Waals surface area contributed by atoms with Gasteiger partial charge in [-0.3, -0.25) is 4.79 Å². The molecule has 2 aromatic heterocycles. The molecule has 152 valence electrons. The lowest BCUT2D eigenvalue weighted by molar-refractivity contribution is 0.0932. The van der Waals surface area contributed by atoms with Crippen LogP contribution in [0.5, 0.6) is 0 Å². The minimum atomic E-state index is -0.399. The van der Waals surface area contributed by atoms with Crippen molar-refractivity contribution in [1.29, 1.82) is 0 Å². The molecule has 1 aliphatic rings. The van der Waals surface area contributed by atoms with Crippen LogP contribution in [0.25, 0.3) is 22.4 Å². The average Bonchev–Trinajstić information content (AvgIpc) is 3.53. The monoisotopic (exact) mass is 401 g/mol. The zero-order valence-electron chi connectivity index (χ0n) is 16.8. The maximum absolute atomic E-state index is 12.4. The van der Waals surface area contributed by atoms with Crippen LogP contribution in [-0.4, -0.2) is 25.6 Å². The molecule has 7 nitrogen and oxygen atoms in total. The van der Waals surface area contributed by atoms with Crippen LogP contribution < -0.4 is 5.32 Å². The Morgan fingerprint density at radius 1 is 1.17 bits per heavy atom. The Labute approximate surface area is 174 Å². The Kier molecular flexibility index (Phi) is 4.78. The topological polar surface area (TPSA) is 85.8 Å². The molecule has 2 aromatic carbocycles. The Morgan fingerprint density at radius 2 is 1.97 bits per heavy atom. The number of amides is 1. The van der Waals surface area contributed by atoms with E-state index in [1.54, 1.807) is 12.1 Å². The van der Waals surface area contributed by atoms with Crippen molar-refractivity contribution < 1.29 is 9.32 Å². The van der Waals surface area contributed by atoms with E-state index in [-0.39, 0.29) is 5.91 Å². The first-order valence-electron chi connectivity index (χ1n) is 10.4. The van der Waals surface area contributed by atoms with Crippen LogP contribution >= 0.6 is 0 Å². The van der Waals surface area contributed by atoms with Crippen molar-refractivity contribution in [3.8, 4) is 11.4 Å². The maximum atomic E-state index is 12.4. The molecule has 1 fully saturated rings. The highest BCUT2D eigenvalue weighted by Crippen LogP contribution is 2.33. The van der Waals surface area contributed by atoms with E-state index in [0.29, 0.717) is 23.3 Å². The second-order valence-electron chi connectivity index (χ2n) is 7.81. The molecule has 0 aliphatic heterocycles. The van der Waals surface area contributed by atoms with Crippen molar-refractivity contribution in [3.63, 3.8) is 0 Å². The van der Waals surface area contributed by atoms with Gasteiger partial charge in [-0.25, -0.2) is 4.98 Å². The van der Waals surface area contributed by atoms with Gasteiger partial charge in [-0.1, -0.05) is 36.2 Å². The highest BCUT2D eigenvalue weighted by Gasteiger charge is 2.21. The summed E-state index contributed by atoms with van der Waals surface area (Å²) in [7, 11) is 0. The van der Waals surface area contributed by atoms with E-state index in [0.717, 1.165) is 16.6 Å². The summed E-state index contributed by atoms with van der Waals surface area (Å²) in [5.74, 6) is 0.677. The van der Waals surface area contributed by atoms with Crippen molar-refractivity contribution in [2.45, 2.75) is 44.7 Å². The third-order valence-corrected chi connectivity index (χ3v) is 5.75. The van der Waals surface area contributed by atoms with Crippen LogP contribution in [0.1, 0.15) is 60.9 Å². The van der Waals surface area contributed by atoms with Gasteiger partial charge in [0.15, 0.2) is 0 Å². The predicted octanol–water partition coefficient (Wildman–Crippen LogP) is 4.69. The van der Waals surface area contributed by atoms with Crippen molar-refractivity contribution in [1.82, 2.24) is 25.0 Å². The number of imidazole rings is 1. The molecule has 1 atom stereocenters. The van der Waals surface area contributed by atoms with Gasteiger partial charge in [0.05, 0.1) is 17.4 Å². The molecule has 0 saturated heterocycles. The first-order chi connectivity index (χ1) is 14.7. The van der Waals surface area contributed by atoms with Crippen LogP contribution in [-0.2, 0) is 0 Å². The molecule has 0 spiro atoms. The molecule has 0 radical (unpaired) electrons. The SMILES string of the molecule is CC(NC(=O)c1ccccc1)c1nc(-c2ccc3c(c2)ncn3C2CCCC2)no1. The Morgan fingerprint density at radius 3 is 2.77 bits per heavy atom. The fourth-order valence-corrected chi connectivity index (χ4v) is 4.10.